The lowest BCUT2D eigenvalue weighted by atomic mass is 9.88. The monoisotopic (exact) mass is 441 g/mol. The number of anilines is 1. The van der Waals surface area contributed by atoms with E-state index in [2.05, 4.69) is 15.6 Å². The molecule has 2 aromatic rings. The summed E-state index contributed by atoms with van der Waals surface area (Å²) in [6, 6.07) is 5.11. The van der Waals surface area contributed by atoms with Gasteiger partial charge in [-0.15, -0.1) is 11.3 Å². The van der Waals surface area contributed by atoms with Gasteiger partial charge in [-0.2, -0.15) is 0 Å². The van der Waals surface area contributed by atoms with E-state index in [0.29, 0.717) is 28.1 Å². The summed E-state index contributed by atoms with van der Waals surface area (Å²) in [6.45, 7) is 0.937. The number of carbonyl (C=O) groups is 2. The Balaban J connectivity index is 1.25. The summed E-state index contributed by atoms with van der Waals surface area (Å²) in [6.07, 6.45) is 8.95. The summed E-state index contributed by atoms with van der Waals surface area (Å²) in [7, 11) is 0. The minimum absolute atomic E-state index is 0.0745. The van der Waals surface area contributed by atoms with Gasteiger partial charge in [0.1, 0.15) is 0 Å². The summed E-state index contributed by atoms with van der Waals surface area (Å²) >= 11 is 1.47. The van der Waals surface area contributed by atoms with E-state index in [-0.39, 0.29) is 24.5 Å². The molecule has 7 nitrogen and oxygen atoms in total. The third-order valence-corrected chi connectivity index (χ3v) is 7.46. The van der Waals surface area contributed by atoms with Crippen molar-refractivity contribution in [2.24, 2.45) is 5.92 Å². The lowest BCUT2D eigenvalue weighted by Gasteiger charge is -2.24. The molecule has 1 aromatic carbocycles. The van der Waals surface area contributed by atoms with Gasteiger partial charge in [-0.25, -0.2) is 4.98 Å². The number of aromatic nitrogens is 1. The fraction of sp³-hybridized carbons (Fsp3) is 0.522. The molecule has 1 atom stereocenters. The van der Waals surface area contributed by atoms with Gasteiger partial charge in [-0.1, -0.05) is 19.3 Å². The second kappa shape index (κ2) is 8.86. The zero-order valence-electron chi connectivity index (χ0n) is 17.4. The SMILES string of the molecule is O=C(Nc1nc2c(s1)CCC[C@@H]2C(=O)NCC1CCCCC1)c1ccc2c(c1)OCO2. The first-order valence-corrected chi connectivity index (χ1v) is 12.0. The average molecular weight is 442 g/mol. The number of hydrogen-bond donors (Lipinski definition) is 2. The van der Waals surface area contributed by atoms with E-state index in [1.807, 2.05) is 0 Å². The standard InChI is InChI=1S/C23H27N3O4S/c27-21(15-9-10-17-18(11-15)30-13-29-17)26-23-25-20-16(7-4-8-19(20)31-23)22(28)24-12-14-5-2-1-3-6-14/h9-11,14,16H,1-8,12-13H2,(H,24,28)(H,25,26,27)/t16-/m0/s1. The van der Waals surface area contributed by atoms with E-state index in [1.54, 1.807) is 18.2 Å². The summed E-state index contributed by atoms with van der Waals surface area (Å²) in [5.41, 5.74) is 1.32. The predicted octanol–water partition coefficient (Wildman–Crippen LogP) is 4.24. The van der Waals surface area contributed by atoms with Crippen molar-refractivity contribution in [3.8, 4) is 11.5 Å². The molecule has 1 aliphatic heterocycles. The third-order valence-electron chi connectivity index (χ3n) is 6.42. The first-order chi connectivity index (χ1) is 15.2. The number of fused-ring (bicyclic) bond motifs is 2. The summed E-state index contributed by atoms with van der Waals surface area (Å²) < 4.78 is 10.7. The van der Waals surface area contributed by atoms with Crippen molar-refractivity contribution in [2.75, 3.05) is 18.7 Å². The quantitative estimate of drug-likeness (QED) is 0.724. The molecule has 2 heterocycles. The Morgan fingerprint density at radius 2 is 1.90 bits per heavy atom. The Morgan fingerprint density at radius 1 is 1.06 bits per heavy atom. The molecule has 2 aliphatic carbocycles. The molecule has 0 bridgehead atoms. The fourth-order valence-corrected chi connectivity index (χ4v) is 5.75. The Bertz CT molecular complexity index is 983. The lowest BCUT2D eigenvalue weighted by Crippen LogP contribution is -2.35. The first-order valence-electron chi connectivity index (χ1n) is 11.2. The maximum atomic E-state index is 12.9. The topological polar surface area (TPSA) is 89.6 Å². The normalized spacial score (nSPS) is 20.2. The number of hydrogen-bond acceptors (Lipinski definition) is 6. The molecule has 31 heavy (non-hydrogen) atoms. The number of thiazole rings is 1. The van der Waals surface area contributed by atoms with Crippen LogP contribution in [-0.2, 0) is 11.2 Å². The molecule has 0 saturated heterocycles. The van der Waals surface area contributed by atoms with Crippen LogP contribution < -0.4 is 20.1 Å². The van der Waals surface area contributed by atoms with Gasteiger partial charge in [0.25, 0.3) is 5.91 Å². The molecule has 0 unspecified atom stereocenters. The van der Waals surface area contributed by atoms with E-state index >= 15 is 0 Å². The van der Waals surface area contributed by atoms with Crippen LogP contribution in [-0.4, -0.2) is 30.1 Å². The minimum Gasteiger partial charge on any atom is -0.454 e. The average Bonchev–Trinajstić information content (AvgIpc) is 3.43. The molecule has 5 rings (SSSR count). The second-order valence-electron chi connectivity index (χ2n) is 8.54. The number of amides is 2. The summed E-state index contributed by atoms with van der Waals surface area (Å²) in [4.78, 5) is 31.4. The highest BCUT2D eigenvalue weighted by Gasteiger charge is 2.31. The Labute approximate surface area is 185 Å². The molecule has 2 N–H and O–H groups in total. The van der Waals surface area contributed by atoms with Crippen molar-refractivity contribution in [1.29, 1.82) is 0 Å². The van der Waals surface area contributed by atoms with Crippen LogP contribution in [0, 0.1) is 5.92 Å². The minimum atomic E-state index is -0.248. The van der Waals surface area contributed by atoms with Gasteiger partial charge in [-0.05, 0) is 56.2 Å². The van der Waals surface area contributed by atoms with Crippen LogP contribution in [0.2, 0.25) is 0 Å². The fourth-order valence-electron chi connectivity index (χ4n) is 4.69. The Kier molecular flexibility index (Phi) is 5.80. The van der Waals surface area contributed by atoms with Gasteiger partial charge in [0.05, 0.1) is 11.6 Å². The van der Waals surface area contributed by atoms with Crippen LogP contribution in [0.15, 0.2) is 18.2 Å². The maximum absolute atomic E-state index is 12.9. The van der Waals surface area contributed by atoms with Crippen molar-refractivity contribution in [2.45, 2.75) is 57.3 Å². The van der Waals surface area contributed by atoms with Crippen LogP contribution in [0.4, 0.5) is 5.13 Å². The van der Waals surface area contributed by atoms with E-state index < -0.39 is 0 Å². The number of aryl methyl sites for hydroxylation is 1. The summed E-state index contributed by atoms with van der Waals surface area (Å²) in [5, 5.41) is 6.61. The smallest absolute Gasteiger partial charge is 0.257 e. The molecular weight excluding hydrogens is 414 g/mol. The molecule has 0 radical (unpaired) electrons. The van der Waals surface area contributed by atoms with Gasteiger partial charge in [0.2, 0.25) is 12.7 Å². The molecular formula is C23H27N3O4S. The van der Waals surface area contributed by atoms with Gasteiger partial charge in [0.15, 0.2) is 16.6 Å². The van der Waals surface area contributed by atoms with E-state index in [0.717, 1.165) is 36.4 Å². The van der Waals surface area contributed by atoms with Crippen molar-refractivity contribution in [3.63, 3.8) is 0 Å². The Hall–Kier alpha value is -2.61. The Morgan fingerprint density at radius 3 is 2.77 bits per heavy atom. The van der Waals surface area contributed by atoms with E-state index in [1.165, 1.54) is 43.4 Å². The summed E-state index contributed by atoms with van der Waals surface area (Å²) in [5.74, 6) is 1.42. The van der Waals surface area contributed by atoms with Gasteiger partial charge in [-0.3, -0.25) is 14.9 Å². The molecule has 1 saturated carbocycles. The van der Waals surface area contributed by atoms with Crippen LogP contribution in [0.3, 0.4) is 0 Å². The van der Waals surface area contributed by atoms with Crippen molar-refractivity contribution < 1.29 is 19.1 Å². The number of nitrogens with zero attached hydrogens (tertiary/aromatic N) is 1. The lowest BCUT2D eigenvalue weighted by molar-refractivity contribution is -0.123. The highest BCUT2D eigenvalue weighted by Crippen LogP contribution is 2.37. The molecule has 3 aliphatic rings. The zero-order chi connectivity index (χ0) is 21.2. The number of nitrogens with one attached hydrogen (secondary N) is 2. The second-order valence-corrected chi connectivity index (χ2v) is 9.63. The number of ether oxygens (including phenoxy) is 2. The van der Waals surface area contributed by atoms with Crippen LogP contribution in [0.1, 0.15) is 71.8 Å². The van der Waals surface area contributed by atoms with Gasteiger partial charge < -0.3 is 14.8 Å². The zero-order valence-corrected chi connectivity index (χ0v) is 18.3. The van der Waals surface area contributed by atoms with Crippen molar-refractivity contribution >= 4 is 28.3 Å². The largest absolute Gasteiger partial charge is 0.454 e. The first kappa shape index (κ1) is 20.3. The number of benzene rings is 1. The number of rotatable bonds is 5. The molecule has 2 amide bonds. The molecule has 0 spiro atoms. The van der Waals surface area contributed by atoms with Gasteiger partial charge >= 0.3 is 0 Å². The van der Waals surface area contributed by atoms with Crippen molar-refractivity contribution in [3.05, 3.63) is 34.3 Å². The molecule has 1 fully saturated rings. The highest BCUT2D eigenvalue weighted by atomic mass is 32.1. The van der Waals surface area contributed by atoms with E-state index in [9.17, 15) is 9.59 Å². The van der Waals surface area contributed by atoms with E-state index in [4.69, 9.17) is 9.47 Å². The number of carbonyl (C=O) groups excluding carboxylic acids is 2. The van der Waals surface area contributed by atoms with Gasteiger partial charge in [0, 0.05) is 17.0 Å². The van der Waals surface area contributed by atoms with Crippen LogP contribution in [0.5, 0.6) is 11.5 Å². The maximum Gasteiger partial charge on any atom is 0.257 e. The molecule has 164 valence electrons. The predicted molar refractivity (Wildman–Crippen MR) is 118 cm³/mol. The highest BCUT2D eigenvalue weighted by molar-refractivity contribution is 7.16. The molecule has 8 heteroatoms. The third kappa shape index (κ3) is 4.39. The van der Waals surface area contributed by atoms with Crippen LogP contribution >= 0.6 is 11.3 Å². The van der Waals surface area contributed by atoms with Crippen LogP contribution in [0.25, 0.3) is 0 Å². The molecule has 1 aromatic heterocycles. The van der Waals surface area contributed by atoms with Crippen molar-refractivity contribution in [1.82, 2.24) is 10.3 Å².